The highest BCUT2D eigenvalue weighted by molar-refractivity contribution is 6.58. The minimum absolute atomic E-state index is 0.149. The molecule has 0 spiro atoms. The molecule has 7 nitrogen and oxygen atoms in total. The van der Waals surface area contributed by atoms with E-state index in [0.717, 1.165) is 0 Å². The normalized spacial score (nSPS) is 31.7. The van der Waals surface area contributed by atoms with Gasteiger partial charge in [0.15, 0.2) is 0 Å². The van der Waals surface area contributed by atoms with Crippen molar-refractivity contribution in [3.63, 3.8) is 0 Å². The zero-order valence-corrected chi connectivity index (χ0v) is 15.5. The zero-order valence-electron chi connectivity index (χ0n) is 14.4. The van der Waals surface area contributed by atoms with Crippen molar-refractivity contribution in [3.05, 3.63) is 22.7 Å². The lowest BCUT2D eigenvalue weighted by molar-refractivity contribution is -0.0901. The summed E-state index contributed by atoms with van der Waals surface area (Å²) in [5.74, 6) is -0.196. The van der Waals surface area contributed by atoms with Crippen LogP contribution in [0.4, 0.5) is 5.82 Å². The number of hydrogen-bond acceptors (Lipinski definition) is 6. The number of hydrogen-bond donors (Lipinski definition) is 3. The molecule has 0 unspecified atom stereocenters. The summed E-state index contributed by atoms with van der Waals surface area (Å²) in [4.78, 5) is 16.3. The fourth-order valence-electron chi connectivity index (χ4n) is 3.79. The second-order valence-corrected chi connectivity index (χ2v) is 10.7. The number of anilines is 1. The predicted molar refractivity (Wildman–Crippen MR) is 90.7 cm³/mol. The largest absolute Gasteiger partial charge is 0.394 e. The molecule has 0 amide bonds. The molecule has 0 aromatic carbocycles. The third-order valence-electron chi connectivity index (χ3n) is 4.65. The minimum Gasteiger partial charge on any atom is -0.394 e. The molecule has 8 heteroatoms. The van der Waals surface area contributed by atoms with Crippen LogP contribution in [0.3, 0.4) is 0 Å². The average Bonchev–Trinajstić information content (AvgIpc) is 2.72. The Bertz CT molecular complexity index is 628. The zero-order chi connectivity index (χ0) is 17.6. The molecule has 0 radical (unpaired) electrons. The fraction of sp³-hybridized carbons (Fsp3) is 0.733. The summed E-state index contributed by atoms with van der Waals surface area (Å²) in [5.41, 5.74) is 4.78. The van der Waals surface area contributed by atoms with E-state index in [9.17, 15) is 15.0 Å². The molecule has 1 saturated heterocycles. The van der Waals surface area contributed by atoms with Gasteiger partial charge in [0.05, 0.1) is 21.5 Å². The molecule has 2 rings (SSSR count). The second kappa shape index (κ2) is 6.01. The molecule has 0 bridgehead atoms. The summed E-state index contributed by atoms with van der Waals surface area (Å²) in [6, 6.07) is 1.56. The molecule has 1 aromatic rings. The number of ether oxygens (including phenoxy) is 1. The van der Waals surface area contributed by atoms with Gasteiger partial charge >= 0.3 is 5.69 Å². The van der Waals surface area contributed by atoms with Crippen molar-refractivity contribution >= 4 is 14.6 Å². The van der Waals surface area contributed by atoms with Gasteiger partial charge in [0.25, 0.3) is 0 Å². The number of aromatic nitrogens is 2. The van der Waals surface area contributed by atoms with Crippen molar-refractivity contribution in [2.75, 3.05) is 12.3 Å². The van der Waals surface area contributed by atoms with Crippen LogP contribution < -0.4 is 11.4 Å². The maximum absolute atomic E-state index is 12.5. The summed E-state index contributed by atoms with van der Waals surface area (Å²) >= 11 is 0. The molecule has 4 atom stereocenters. The Hall–Kier alpha value is -1.22. The fourth-order valence-corrected chi connectivity index (χ4v) is 6.40. The first-order valence-electron chi connectivity index (χ1n) is 7.88. The number of rotatable bonds is 3. The van der Waals surface area contributed by atoms with Crippen LogP contribution in [0, 0.1) is 11.3 Å². The van der Waals surface area contributed by atoms with Crippen LogP contribution >= 0.6 is 0 Å². The Morgan fingerprint density at radius 3 is 2.52 bits per heavy atom. The smallest absolute Gasteiger partial charge is 0.351 e. The topological polar surface area (TPSA) is 111 Å². The van der Waals surface area contributed by atoms with Gasteiger partial charge in [-0.3, -0.25) is 4.57 Å². The first-order chi connectivity index (χ1) is 10.6. The van der Waals surface area contributed by atoms with Crippen LogP contribution in [-0.4, -0.2) is 47.4 Å². The maximum Gasteiger partial charge on any atom is 0.351 e. The second-order valence-electron chi connectivity index (χ2n) is 7.58. The maximum atomic E-state index is 12.5. The number of nitrogens with zero attached hydrogens (tertiary/aromatic N) is 2. The van der Waals surface area contributed by atoms with E-state index < -0.39 is 32.0 Å². The summed E-state index contributed by atoms with van der Waals surface area (Å²) in [7, 11) is -1.69. The first-order valence-corrected chi connectivity index (χ1v) is 10.8. The lowest BCUT2D eigenvalue weighted by atomic mass is 9.76. The van der Waals surface area contributed by atoms with Crippen molar-refractivity contribution in [1.82, 2.24) is 9.55 Å². The van der Waals surface area contributed by atoms with E-state index in [2.05, 4.69) is 18.1 Å². The Morgan fingerprint density at radius 1 is 1.48 bits per heavy atom. The number of nitrogens with two attached hydrogens (primary N) is 1. The highest BCUT2D eigenvalue weighted by Gasteiger charge is 2.61. The van der Waals surface area contributed by atoms with Crippen LogP contribution in [0.25, 0.3) is 0 Å². The molecule has 1 aliphatic heterocycles. The standard InChI is InChI=1S/C15H27N3O4Si/c1-14(2,3)12-11(20)9(8-19)22-15(12,23(4)5)18-7-6-10(16)17-13(18)21/h6-7,9,11-12,19-20,23H,8H2,1-5H3,(H2,16,17,21)/t9-,11-,12+,15+/m1/s1. The monoisotopic (exact) mass is 341 g/mol. The first kappa shape index (κ1) is 18.1. The van der Waals surface area contributed by atoms with Crippen LogP contribution in [-0.2, 0) is 10.1 Å². The minimum atomic E-state index is -1.69. The Labute approximate surface area is 137 Å². The van der Waals surface area contributed by atoms with Crippen LogP contribution in [0.15, 0.2) is 17.1 Å². The van der Waals surface area contributed by atoms with Gasteiger partial charge in [0.2, 0.25) is 0 Å². The Kier molecular flexibility index (Phi) is 4.73. The van der Waals surface area contributed by atoms with Crippen LogP contribution in [0.2, 0.25) is 13.1 Å². The van der Waals surface area contributed by atoms with E-state index in [1.807, 2.05) is 20.8 Å². The van der Waals surface area contributed by atoms with Gasteiger partial charge in [-0.05, 0) is 11.5 Å². The molecule has 1 fully saturated rings. The van der Waals surface area contributed by atoms with E-state index in [1.165, 1.54) is 4.57 Å². The summed E-state index contributed by atoms with van der Waals surface area (Å²) in [5, 5.41) is 19.4. The van der Waals surface area contributed by atoms with Gasteiger partial charge in [0, 0.05) is 12.1 Å². The van der Waals surface area contributed by atoms with Crippen molar-refractivity contribution in [2.24, 2.45) is 11.3 Å². The van der Waals surface area contributed by atoms with E-state index in [1.54, 1.807) is 12.3 Å². The van der Waals surface area contributed by atoms with E-state index in [0.29, 0.717) is 0 Å². The van der Waals surface area contributed by atoms with E-state index >= 15 is 0 Å². The molecule has 4 N–H and O–H groups in total. The lowest BCUT2D eigenvalue weighted by Gasteiger charge is -2.45. The lowest BCUT2D eigenvalue weighted by Crippen LogP contribution is -2.58. The molecular formula is C15H27N3O4Si. The summed E-state index contributed by atoms with van der Waals surface area (Å²) < 4.78 is 7.63. The van der Waals surface area contributed by atoms with Crippen molar-refractivity contribution < 1.29 is 14.9 Å². The van der Waals surface area contributed by atoms with E-state index in [4.69, 9.17) is 10.5 Å². The van der Waals surface area contributed by atoms with Gasteiger partial charge < -0.3 is 20.7 Å². The highest BCUT2D eigenvalue weighted by Crippen LogP contribution is 2.50. The molecule has 2 heterocycles. The molecule has 1 aromatic heterocycles. The molecule has 0 aliphatic carbocycles. The molecule has 130 valence electrons. The number of nitrogen functional groups attached to an aromatic ring is 1. The van der Waals surface area contributed by atoms with Gasteiger partial charge in [-0.25, -0.2) is 4.79 Å². The SMILES string of the molecule is C[SiH](C)[C@@]1(n2ccc(N)nc2=O)O[C@H](CO)[C@@H](O)[C@H]1C(C)(C)C. The van der Waals surface area contributed by atoms with E-state index in [-0.39, 0.29) is 23.8 Å². The third-order valence-corrected chi connectivity index (χ3v) is 7.08. The van der Waals surface area contributed by atoms with Crippen molar-refractivity contribution in [2.45, 2.75) is 51.4 Å². The average molecular weight is 341 g/mol. The van der Waals surface area contributed by atoms with Gasteiger partial charge in [-0.15, -0.1) is 0 Å². The quantitative estimate of drug-likeness (QED) is 0.663. The summed E-state index contributed by atoms with van der Waals surface area (Å²) in [6.45, 7) is 9.84. The predicted octanol–water partition coefficient (Wildman–Crippen LogP) is -0.0815. The van der Waals surface area contributed by atoms with Gasteiger partial charge in [0.1, 0.15) is 17.3 Å². The van der Waals surface area contributed by atoms with Crippen molar-refractivity contribution in [3.8, 4) is 0 Å². The molecule has 1 aliphatic rings. The molecular weight excluding hydrogens is 314 g/mol. The van der Waals surface area contributed by atoms with Gasteiger partial charge in [-0.1, -0.05) is 33.9 Å². The summed E-state index contributed by atoms with van der Waals surface area (Å²) in [6.07, 6.45) is 0.000942. The Morgan fingerprint density at radius 2 is 2.09 bits per heavy atom. The third kappa shape index (κ3) is 2.84. The molecule has 0 saturated carbocycles. The molecule has 23 heavy (non-hydrogen) atoms. The van der Waals surface area contributed by atoms with Crippen molar-refractivity contribution in [1.29, 1.82) is 0 Å². The number of aliphatic hydroxyl groups excluding tert-OH is 2. The van der Waals surface area contributed by atoms with Gasteiger partial charge in [-0.2, -0.15) is 4.98 Å². The highest BCUT2D eigenvalue weighted by atomic mass is 28.3. The van der Waals surface area contributed by atoms with Crippen LogP contribution in [0.1, 0.15) is 20.8 Å². The van der Waals surface area contributed by atoms with Crippen LogP contribution in [0.5, 0.6) is 0 Å². The Balaban J connectivity index is 2.73. The number of aliphatic hydroxyl groups is 2.